The molecule has 1 amide bonds. The molecule has 0 fully saturated rings. The minimum Gasteiger partial charge on any atom is -0.355 e. The maximum atomic E-state index is 12.0. The molecule has 0 saturated carbocycles. The van der Waals surface area contributed by atoms with Crippen LogP contribution in [0, 0.1) is 0 Å². The van der Waals surface area contributed by atoms with E-state index in [0.29, 0.717) is 18.7 Å². The second-order valence-electron chi connectivity index (χ2n) is 4.53. The van der Waals surface area contributed by atoms with Gasteiger partial charge in [-0.05, 0) is 0 Å². The summed E-state index contributed by atoms with van der Waals surface area (Å²) in [7, 11) is 0. The number of nitrogens with one attached hydrogen (secondary N) is 2. The van der Waals surface area contributed by atoms with Crippen molar-refractivity contribution in [2.75, 3.05) is 6.54 Å². The molecule has 6 heteroatoms. The zero-order chi connectivity index (χ0) is 14.5. The van der Waals surface area contributed by atoms with Gasteiger partial charge in [0.1, 0.15) is 0 Å². The van der Waals surface area contributed by atoms with Crippen LogP contribution in [-0.4, -0.2) is 27.6 Å². The minimum absolute atomic E-state index is 0.250. The third-order valence-corrected chi connectivity index (χ3v) is 3.04. The molecular formula is C15H14N4O2. The van der Waals surface area contributed by atoms with Crippen LogP contribution in [0.1, 0.15) is 16.2 Å². The number of aromatic amines is 1. The van der Waals surface area contributed by atoms with Crippen LogP contribution in [0.3, 0.4) is 0 Å². The zero-order valence-electron chi connectivity index (χ0n) is 11.2. The molecule has 0 aliphatic rings. The van der Waals surface area contributed by atoms with Crippen molar-refractivity contribution in [3.8, 4) is 11.3 Å². The highest BCUT2D eigenvalue weighted by atomic mass is 16.5. The van der Waals surface area contributed by atoms with Crippen molar-refractivity contribution < 1.29 is 9.32 Å². The van der Waals surface area contributed by atoms with Gasteiger partial charge in [0, 0.05) is 36.5 Å². The van der Waals surface area contributed by atoms with Crippen molar-refractivity contribution in [3.05, 3.63) is 60.3 Å². The number of H-pyrrole nitrogens is 1. The van der Waals surface area contributed by atoms with Gasteiger partial charge in [-0.2, -0.15) is 0 Å². The molecule has 3 aromatic rings. The van der Waals surface area contributed by atoms with Crippen LogP contribution < -0.4 is 5.32 Å². The van der Waals surface area contributed by atoms with E-state index in [1.165, 1.54) is 0 Å². The standard InChI is InChI=1S/C15H14N4O2/c20-15(17-7-6-12-9-16-10-18-12)13-8-14(21-19-13)11-4-2-1-3-5-11/h1-5,8-10H,6-7H2,(H,16,18)(H,17,20). The van der Waals surface area contributed by atoms with Crippen molar-refractivity contribution in [2.24, 2.45) is 0 Å². The van der Waals surface area contributed by atoms with Crippen LogP contribution in [-0.2, 0) is 6.42 Å². The molecule has 1 aromatic carbocycles. The van der Waals surface area contributed by atoms with Crippen molar-refractivity contribution in [2.45, 2.75) is 6.42 Å². The lowest BCUT2D eigenvalue weighted by atomic mass is 10.1. The van der Waals surface area contributed by atoms with E-state index >= 15 is 0 Å². The summed E-state index contributed by atoms with van der Waals surface area (Å²) in [4.78, 5) is 18.9. The number of rotatable bonds is 5. The molecule has 0 aliphatic heterocycles. The lowest BCUT2D eigenvalue weighted by molar-refractivity contribution is 0.0945. The van der Waals surface area contributed by atoms with Crippen molar-refractivity contribution in [1.82, 2.24) is 20.4 Å². The smallest absolute Gasteiger partial charge is 0.273 e. The van der Waals surface area contributed by atoms with Gasteiger partial charge < -0.3 is 14.8 Å². The summed E-state index contributed by atoms with van der Waals surface area (Å²) >= 11 is 0. The van der Waals surface area contributed by atoms with Crippen LogP contribution in [0.4, 0.5) is 0 Å². The second-order valence-corrected chi connectivity index (χ2v) is 4.53. The van der Waals surface area contributed by atoms with E-state index in [4.69, 9.17) is 4.52 Å². The van der Waals surface area contributed by atoms with Gasteiger partial charge in [0.05, 0.1) is 6.33 Å². The third-order valence-electron chi connectivity index (χ3n) is 3.04. The third kappa shape index (κ3) is 3.17. The summed E-state index contributed by atoms with van der Waals surface area (Å²) in [5.41, 5.74) is 2.14. The predicted octanol–water partition coefficient (Wildman–Crippen LogP) is 2.04. The van der Waals surface area contributed by atoms with Gasteiger partial charge in [0.2, 0.25) is 0 Å². The molecule has 0 saturated heterocycles. The Morgan fingerprint density at radius 2 is 2.14 bits per heavy atom. The number of aromatic nitrogens is 3. The molecule has 0 radical (unpaired) electrons. The van der Waals surface area contributed by atoms with Crippen molar-refractivity contribution >= 4 is 5.91 Å². The number of imidazole rings is 1. The van der Waals surface area contributed by atoms with E-state index in [9.17, 15) is 4.79 Å². The fourth-order valence-electron chi connectivity index (χ4n) is 1.94. The Balaban J connectivity index is 1.59. The largest absolute Gasteiger partial charge is 0.355 e. The normalized spacial score (nSPS) is 10.5. The Labute approximate surface area is 121 Å². The lowest BCUT2D eigenvalue weighted by Crippen LogP contribution is -2.25. The first-order valence-electron chi connectivity index (χ1n) is 6.60. The molecule has 2 aromatic heterocycles. The molecule has 0 unspecified atom stereocenters. The number of nitrogens with zero attached hydrogens (tertiary/aromatic N) is 2. The monoisotopic (exact) mass is 282 g/mol. The Bertz CT molecular complexity index is 704. The fourth-order valence-corrected chi connectivity index (χ4v) is 1.94. The molecule has 0 bridgehead atoms. The Morgan fingerprint density at radius 1 is 1.29 bits per heavy atom. The van der Waals surface area contributed by atoms with E-state index in [2.05, 4.69) is 20.4 Å². The first-order valence-corrected chi connectivity index (χ1v) is 6.60. The number of hydrogen-bond donors (Lipinski definition) is 2. The van der Waals surface area contributed by atoms with Gasteiger partial charge in [-0.3, -0.25) is 4.79 Å². The van der Waals surface area contributed by atoms with Gasteiger partial charge in [-0.15, -0.1) is 0 Å². The highest BCUT2D eigenvalue weighted by Crippen LogP contribution is 2.19. The number of carbonyl (C=O) groups excluding carboxylic acids is 1. The average molecular weight is 282 g/mol. The van der Waals surface area contributed by atoms with E-state index in [-0.39, 0.29) is 11.6 Å². The maximum Gasteiger partial charge on any atom is 0.273 e. The summed E-state index contributed by atoms with van der Waals surface area (Å²) in [5, 5.41) is 6.59. The number of hydrogen-bond acceptors (Lipinski definition) is 4. The number of carbonyl (C=O) groups is 1. The molecular weight excluding hydrogens is 268 g/mol. The Kier molecular flexibility index (Phi) is 3.77. The molecule has 6 nitrogen and oxygen atoms in total. The van der Waals surface area contributed by atoms with Gasteiger partial charge in [-0.25, -0.2) is 4.98 Å². The Hall–Kier alpha value is -2.89. The molecule has 2 N–H and O–H groups in total. The van der Waals surface area contributed by atoms with Crippen LogP contribution >= 0.6 is 0 Å². The highest BCUT2D eigenvalue weighted by Gasteiger charge is 2.13. The summed E-state index contributed by atoms with van der Waals surface area (Å²) < 4.78 is 5.20. The summed E-state index contributed by atoms with van der Waals surface area (Å²) in [6, 6.07) is 11.2. The molecule has 2 heterocycles. The van der Waals surface area contributed by atoms with Crippen LogP contribution in [0.15, 0.2) is 53.4 Å². The van der Waals surface area contributed by atoms with E-state index < -0.39 is 0 Å². The first-order chi connectivity index (χ1) is 10.3. The van der Waals surface area contributed by atoms with E-state index in [1.54, 1.807) is 18.6 Å². The Morgan fingerprint density at radius 3 is 2.90 bits per heavy atom. The molecule has 106 valence electrons. The molecule has 0 atom stereocenters. The predicted molar refractivity (Wildman–Crippen MR) is 76.6 cm³/mol. The highest BCUT2D eigenvalue weighted by molar-refractivity contribution is 5.93. The quantitative estimate of drug-likeness (QED) is 0.750. The van der Waals surface area contributed by atoms with Crippen molar-refractivity contribution in [3.63, 3.8) is 0 Å². The topological polar surface area (TPSA) is 83.8 Å². The summed E-state index contributed by atoms with van der Waals surface area (Å²) in [6.45, 7) is 0.508. The minimum atomic E-state index is -0.250. The van der Waals surface area contributed by atoms with Crippen molar-refractivity contribution in [1.29, 1.82) is 0 Å². The lowest BCUT2D eigenvalue weighted by Gasteiger charge is -2.00. The molecule has 0 aliphatic carbocycles. The molecule has 0 spiro atoms. The number of benzene rings is 1. The number of amides is 1. The van der Waals surface area contributed by atoms with Crippen LogP contribution in [0.5, 0.6) is 0 Å². The average Bonchev–Trinajstić information content (AvgIpc) is 3.20. The van der Waals surface area contributed by atoms with Gasteiger partial charge in [0.15, 0.2) is 11.5 Å². The zero-order valence-corrected chi connectivity index (χ0v) is 11.2. The fraction of sp³-hybridized carbons (Fsp3) is 0.133. The van der Waals surface area contributed by atoms with E-state index in [1.807, 2.05) is 30.3 Å². The van der Waals surface area contributed by atoms with E-state index in [0.717, 1.165) is 11.3 Å². The first kappa shape index (κ1) is 13.1. The summed E-state index contributed by atoms with van der Waals surface area (Å²) in [5.74, 6) is 0.328. The molecule has 3 rings (SSSR count). The van der Waals surface area contributed by atoms with Gasteiger partial charge in [0.25, 0.3) is 5.91 Å². The molecule has 21 heavy (non-hydrogen) atoms. The van der Waals surface area contributed by atoms with Crippen LogP contribution in [0.2, 0.25) is 0 Å². The summed E-state index contributed by atoms with van der Waals surface area (Å²) in [6.07, 6.45) is 4.03. The maximum absolute atomic E-state index is 12.0. The SMILES string of the molecule is O=C(NCCc1cnc[nH]1)c1cc(-c2ccccc2)on1. The van der Waals surface area contributed by atoms with Gasteiger partial charge >= 0.3 is 0 Å². The second kappa shape index (κ2) is 6.04. The van der Waals surface area contributed by atoms with Crippen LogP contribution in [0.25, 0.3) is 11.3 Å². The van der Waals surface area contributed by atoms with Gasteiger partial charge in [-0.1, -0.05) is 35.5 Å².